The highest BCUT2D eigenvalue weighted by molar-refractivity contribution is 7.93. The lowest BCUT2D eigenvalue weighted by Crippen LogP contribution is -2.47. The Morgan fingerprint density at radius 3 is 2.30 bits per heavy atom. The van der Waals surface area contributed by atoms with Gasteiger partial charge in [0.1, 0.15) is 5.75 Å². The summed E-state index contributed by atoms with van der Waals surface area (Å²) in [4.78, 5) is 2.77. The average molecular weight is 465 g/mol. The highest BCUT2D eigenvalue weighted by atomic mass is 32.2. The maximum Gasteiger partial charge on any atom is 0.264 e. The number of likely N-dealkylation sites (tertiary alicyclic amines) is 1. The van der Waals surface area contributed by atoms with Crippen molar-refractivity contribution in [2.24, 2.45) is 0 Å². The molecule has 0 amide bonds. The number of sulfonamides is 1. The quantitative estimate of drug-likeness (QED) is 0.484. The van der Waals surface area contributed by atoms with Gasteiger partial charge in [0, 0.05) is 25.7 Å². The molecule has 1 aliphatic heterocycles. The third kappa shape index (κ3) is 5.23. The zero-order valence-corrected chi connectivity index (χ0v) is 20.4. The number of ether oxygens (including phenoxy) is 1. The molecule has 0 N–H and O–H groups in total. The normalized spacial score (nSPS) is 15.4. The molecule has 0 atom stereocenters. The third-order valence-electron chi connectivity index (χ3n) is 6.35. The molecule has 174 valence electrons. The van der Waals surface area contributed by atoms with Crippen molar-refractivity contribution in [3.63, 3.8) is 0 Å². The summed E-state index contributed by atoms with van der Waals surface area (Å²) in [5.41, 5.74) is 3.82. The van der Waals surface area contributed by atoms with Crippen LogP contribution >= 0.6 is 0 Å². The Kier molecular flexibility index (Phi) is 7.05. The summed E-state index contributed by atoms with van der Waals surface area (Å²) >= 11 is 0. The molecule has 4 rings (SSSR count). The van der Waals surface area contributed by atoms with Crippen molar-refractivity contribution in [2.75, 3.05) is 24.5 Å². The molecule has 0 aromatic heterocycles. The Bertz CT molecular complexity index is 1180. The SMILES string of the molecule is COc1cccc(CN2CCC(N(c3ccc(C)cc3)S(=O)(=O)c3ccccc3C)CC2)c1. The van der Waals surface area contributed by atoms with E-state index in [-0.39, 0.29) is 6.04 Å². The fraction of sp³-hybridized carbons (Fsp3) is 0.333. The smallest absolute Gasteiger partial charge is 0.264 e. The van der Waals surface area contributed by atoms with Crippen LogP contribution in [-0.2, 0) is 16.6 Å². The van der Waals surface area contributed by atoms with Crippen LogP contribution in [0.5, 0.6) is 5.75 Å². The standard InChI is InChI=1S/C27H32N2O3S/c1-21-11-13-24(14-12-21)29(33(30,31)27-10-5-4-7-22(27)2)25-15-17-28(18-16-25)20-23-8-6-9-26(19-23)32-3/h4-14,19,25H,15-18,20H2,1-3H3. The van der Waals surface area contributed by atoms with E-state index in [2.05, 4.69) is 17.0 Å². The summed E-state index contributed by atoms with van der Waals surface area (Å²) in [6.07, 6.45) is 1.56. The molecule has 1 saturated heterocycles. The van der Waals surface area contributed by atoms with Crippen LogP contribution < -0.4 is 9.04 Å². The van der Waals surface area contributed by atoms with Gasteiger partial charge in [0.2, 0.25) is 0 Å². The zero-order chi connectivity index (χ0) is 23.4. The maximum atomic E-state index is 13.9. The van der Waals surface area contributed by atoms with Gasteiger partial charge in [0.15, 0.2) is 0 Å². The second-order valence-corrected chi connectivity index (χ2v) is 10.5. The minimum absolute atomic E-state index is 0.0844. The van der Waals surface area contributed by atoms with Crippen molar-refractivity contribution in [2.45, 2.75) is 44.2 Å². The minimum atomic E-state index is -3.68. The number of methoxy groups -OCH3 is 1. The Hall–Kier alpha value is -2.83. The maximum absolute atomic E-state index is 13.9. The molecule has 0 aliphatic carbocycles. The van der Waals surface area contributed by atoms with Crippen LogP contribution in [-0.4, -0.2) is 39.6 Å². The molecule has 3 aromatic carbocycles. The Morgan fingerprint density at radius 1 is 0.939 bits per heavy atom. The van der Waals surface area contributed by atoms with E-state index >= 15 is 0 Å². The van der Waals surface area contributed by atoms with Gasteiger partial charge in [0.25, 0.3) is 10.0 Å². The largest absolute Gasteiger partial charge is 0.497 e. The lowest BCUT2D eigenvalue weighted by Gasteiger charge is -2.39. The van der Waals surface area contributed by atoms with E-state index in [0.717, 1.165) is 55.0 Å². The van der Waals surface area contributed by atoms with Crippen LogP contribution in [0.4, 0.5) is 5.69 Å². The average Bonchev–Trinajstić information content (AvgIpc) is 2.82. The topological polar surface area (TPSA) is 49.9 Å². The van der Waals surface area contributed by atoms with Gasteiger partial charge in [-0.15, -0.1) is 0 Å². The first-order valence-corrected chi connectivity index (χ1v) is 12.8. The first-order chi connectivity index (χ1) is 15.9. The van der Waals surface area contributed by atoms with Crippen LogP contribution in [0.2, 0.25) is 0 Å². The molecule has 1 fully saturated rings. The van der Waals surface area contributed by atoms with Gasteiger partial charge in [-0.3, -0.25) is 9.21 Å². The number of piperidine rings is 1. The number of benzene rings is 3. The molecule has 5 nitrogen and oxygen atoms in total. The minimum Gasteiger partial charge on any atom is -0.497 e. The van der Waals surface area contributed by atoms with Gasteiger partial charge in [0.05, 0.1) is 17.7 Å². The van der Waals surface area contributed by atoms with E-state index in [0.29, 0.717) is 4.90 Å². The molecule has 6 heteroatoms. The van der Waals surface area contributed by atoms with Crippen LogP contribution in [0, 0.1) is 13.8 Å². The van der Waals surface area contributed by atoms with Gasteiger partial charge in [-0.1, -0.05) is 48.0 Å². The van der Waals surface area contributed by atoms with Crippen molar-refractivity contribution >= 4 is 15.7 Å². The Morgan fingerprint density at radius 2 is 1.64 bits per heavy atom. The van der Waals surface area contributed by atoms with Crippen LogP contribution in [0.3, 0.4) is 0 Å². The zero-order valence-electron chi connectivity index (χ0n) is 19.6. The van der Waals surface area contributed by atoms with E-state index in [1.165, 1.54) is 5.56 Å². The summed E-state index contributed by atoms with van der Waals surface area (Å²) in [5, 5.41) is 0. The van der Waals surface area contributed by atoms with E-state index in [4.69, 9.17) is 4.74 Å². The lowest BCUT2D eigenvalue weighted by atomic mass is 10.0. The van der Waals surface area contributed by atoms with Crippen molar-refractivity contribution in [1.82, 2.24) is 4.90 Å². The molecular formula is C27H32N2O3S. The van der Waals surface area contributed by atoms with Gasteiger partial charge in [-0.2, -0.15) is 0 Å². The van der Waals surface area contributed by atoms with Gasteiger partial charge < -0.3 is 4.74 Å². The number of hydrogen-bond acceptors (Lipinski definition) is 4. The van der Waals surface area contributed by atoms with E-state index in [1.54, 1.807) is 23.5 Å². The Labute approximate surface area is 197 Å². The number of hydrogen-bond donors (Lipinski definition) is 0. The van der Waals surface area contributed by atoms with Gasteiger partial charge in [-0.25, -0.2) is 8.42 Å². The molecule has 1 aliphatic rings. The van der Waals surface area contributed by atoms with E-state index < -0.39 is 10.0 Å². The summed E-state index contributed by atoms with van der Waals surface area (Å²) in [6, 6.07) is 23.1. The van der Waals surface area contributed by atoms with E-state index in [1.807, 2.05) is 62.4 Å². The molecule has 0 saturated carbocycles. The third-order valence-corrected chi connectivity index (χ3v) is 8.39. The van der Waals surface area contributed by atoms with Crippen LogP contribution in [0.25, 0.3) is 0 Å². The van der Waals surface area contributed by atoms with Gasteiger partial charge in [-0.05, 0) is 68.1 Å². The summed E-state index contributed by atoms with van der Waals surface area (Å²) in [6.45, 7) is 6.39. The van der Waals surface area contributed by atoms with Crippen molar-refractivity contribution in [1.29, 1.82) is 0 Å². The predicted molar refractivity (Wildman–Crippen MR) is 133 cm³/mol. The molecule has 3 aromatic rings. The van der Waals surface area contributed by atoms with Gasteiger partial charge >= 0.3 is 0 Å². The summed E-state index contributed by atoms with van der Waals surface area (Å²) < 4.78 is 34.8. The van der Waals surface area contributed by atoms with E-state index in [9.17, 15) is 8.42 Å². The lowest BCUT2D eigenvalue weighted by molar-refractivity contribution is 0.206. The molecule has 0 bridgehead atoms. The second-order valence-electron chi connectivity index (χ2n) is 8.76. The molecule has 0 radical (unpaired) electrons. The molecule has 33 heavy (non-hydrogen) atoms. The highest BCUT2D eigenvalue weighted by Crippen LogP contribution is 2.32. The van der Waals surface area contributed by atoms with Crippen LogP contribution in [0.1, 0.15) is 29.5 Å². The fourth-order valence-corrected chi connectivity index (χ4v) is 6.47. The van der Waals surface area contributed by atoms with Crippen LogP contribution in [0.15, 0.2) is 77.7 Å². The van der Waals surface area contributed by atoms with Crippen molar-refractivity contribution in [3.8, 4) is 5.75 Å². The number of aryl methyl sites for hydroxylation is 2. The predicted octanol–water partition coefficient (Wildman–Crippen LogP) is 5.17. The number of anilines is 1. The van der Waals surface area contributed by atoms with Crippen molar-refractivity contribution in [3.05, 3.63) is 89.5 Å². The highest BCUT2D eigenvalue weighted by Gasteiger charge is 2.34. The number of nitrogens with zero attached hydrogens (tertiary/aromatic N) is 2. The molecule has 0 spiro atoms. The first-order valence-electron chi connectivity index (χ1n) is 11.4. The summed E-state index contributed by atoms with van der Waals surface area (Å²) in [7, 11) is -2.00. The molecule has 0 unspecified atom stereocenters. The summed E-state index contributed by atoms with van der Waals surface area (Å²) in [5.74, 6) is 0.859. The second kappa shape index (κ2) is 9.98. The monoisotopic (exact) mass is 464 g/mol. The Balaban J connectivity index is 1.57. The fourth-order valence-electron chi connectivity index (χ4n) is 4.53. The first kappa shape index (κ1) is 23.3. The molecular weight excluding hydrogens is 432 g/mol. The number of rotatable bonds is 7. The molecule has 1 heterocycles. The van der Waals surface area contributed by atoms with Crippen molar-refractivity contribution < 1.29 is 13.2 Å².